The highest BCUT2D eigenvalue weighted by molar-refractivity contribution is 5.87. The molecule has 1 aromatic rings. The lowest BCUT2D eigenvalue weighted by molar-refractivity contribution is 0.0434. The Morgan fingerprint density at radius 1 is 1.38 bits per heavy atom. The number of carbonyl (C=O) groups excluding carboxylic acids is 1. The highest BCUT2D eigenvalue weighted by Crippen LogP contribution is 2.12. The van der Waals surface area contributed by atoms with E-state index >= 15 is 0 Å². The molecule has 0 radical (unpaired) electrons. The normalized spacial score (nSPS) is 18.3. The minimum absolute atomic E-state index is 0.111. The molecule has 0 aromatic heterocycles. The van der Waals surface area contributed by atoms with Gasteiger partial charge in [0.1, 0.15) is 0 Å². The van der Waals surface area contributed by atoms with Gasteiger partial charge in [-0.15, -0.1) is 0 Å². The van der Waals surface area contributed by atoms with Crippen molar-refractivity contribution >= 4 is 12.0 Å². The van der Waals surface area contributed by atoms with Gasteiger partial charge in [-0.2, -0.15) is 0 Å². The summed E-state index contributed by atoms with van der Waals surface area (Å²) in [6.45, 7) is 1.73. The van der Waals surface area contributed by atoms with Crippen molar-refractivity contribution in [2.45, 2.75) is 25.5 Å². The molecular weight excluding hydrogens is 272 g/mol. The van der Waals surface area contributed by atoms with E-state index < -0.39 is 5.97 Å². The van der Waals surface area contributed by atoms with Crippen molar-refractivity contribution in [2.24, 2.45) is 0 Å². The second kappa shape index (κ2) is 7.08. The third-order valence-corrected chi connectivity index (χ3v) is 3.64. The minimum Gasteiger partial charge on any atom is -0.478 e. The summed E-state index contributed by atoms with van der Waals surface area (Å²) in [7, 11) is 1.66. The number of nitrogens with zero attached hydrogens (tertiary/aromatic N) is 1. The summed E-state index contributed by atoms with van der Waals surface area (Å²) in [4.78, 5) is 24.6. The van der Waals surface area contributed by atoms with Crippen LogP contribution < -0.4 is 5.32 Å². The number of rotatable bonds is 4. The van der Waals surface area contributed by atoms with Gasteiger partial charge in [0.2, 0.25) is 0 Å². The quantitative estimate of drug-likeness (QED) is 0.885. The van der Waals surface area contributed by atoms with E-state index in [1.807, 2.05) is 0 Å². The predicted octanol–water partition coefficient (Wildman–Crippen LogP) is 1.71. The maximum Gasteiger partial charge on any atom is 0.335 e. The number of aromatic carboxylic acids is 1. The fourth-order valence-corrected chi connectivity index (χ4v) is 2.37. The first-order chi connectivity index (χ1) is 10.1. The SMILES string of the molecule is COC1CCCN(C(=O)NCc2ccc(C(=O)O)cc2)C1. The first-order valence-corrected chi connectivity index (χ1v) is 6.98. The van der Waals surface area contributed by atoms with Crippen molar-refractivity contribution in [1.29, 1.82) is 0 Å². The molecule has 21 heavy (non-hydrogen) atoms. The molecule has 0 saturated carbocycles. The van der Waals surface area contributed by atoms with Gasteiger partial charge in [0.25, 0.3) is 0 Å². The first kappa shape index (κ1) is 15.3. The van der Waals surface area contributed by atoms with E-state index in [9.17, 15) is 9.59 Å². The van der Waals surface area contributed by atoms with Crippen LogP contribution in [0.4, 0.5) is 4.79 Å². The Hall–Kier alpha value is -2.08. The van der Waals surface area contributed by atoms with Crippen molar-refractivity contribution in [3.8, 4) is 0 Å². The number of likely N-dealkylation sites (tertiary alicyclic amines) is 1. The smallest absolute Gasteiger partial charge is 0.335 e. The van der Waals surface area contributed by atoms with Crippen LogP contribution in [0.5, 0.6) is 0 Å². The molecular formula is C15H20N2O4. The number of carbonyl (C=O) groups is 2. The molecule has 1 unspecified atom stereocenters. The Morgan fingerprint density at radius 2 is 2.10 bits per heavy atom. The average molecular weight is 292 g/mol. The summed E-state index contributed by atoms with van der Waals surface area (Å²) in [5.74, 6) is -0.954. The molecule has 1 aliphatic rings. The number of urea groups is 1. The molecule has 1 atom stereocenters. The standard InChI is InChI=1S/C15H20N2O4/c1-21-13-3-2-8-17(10-13)15(20)16-9-11-4-6-12(7-5-11)14(18)19/h4-7,13H,2-3,8-10H2,1H3,(H,16,20)(H,18,19). The van der Waals surface area contributed by atoms with Crippen molar-refractivity contribution in [1.82, 2.24) is 10.2 Å². The van der Waals surface area contributed by atoms with Crippen LogP contribution in [-0.2, 0) is 11.3 Å². The van der Waals surface area contributed by atoms with Crippen LogP contribution >= 0.6 is 0 Å². The second-order valence-electron chi connectivity index (χ2n) is 5.11. The second-order valence-corrected chi connectivity index (χ2v) is 5.11. The summed E-state index contributed by atoms with van der Waals surface area (Å²) < 4.78 is 5.29. The van der Waals surface area contributed by atoms with Gasteiger partial charge in [-0.3, -0.25) is 0 Å². The van der Waals surface area contributed by atoms with Gasteiger partial charge in [0.05, 0.1) is 11.7 Å². The molecule has 0 spiro atoms. The fourth-order valence-electron chi connectivity index (χ4n) is 2.37. The summed E-state index contributed by atoms with van der Waals surface area (Å²) in [6, 6.07) is 6.37. The van der Waals surface area contributed by atoms with Crippen LogP contribution in [0.2, 0.25) is 0 Å². The van der Waals surface area contributed by atoms with Crippen molar-refractivity contribution < 1.29 is 19.4 Å². The number of nitrogens with one attached hydrogen (secondary N) is 1. The van der Waals surface area contributed by atoms with E-state index in [2.05, 4.69) is 5.32 Å². The molecule has 2 rings (SSSR count). The molecule has 1 aliphatic heterocycles. The van der Waals surface area contributed by atoms with Gasteiger partial charge in [-0.25, -0.2) is 9.59 Å². The van der Waals surface area contributed by atoms with Crippen molar-refractivity contribution in [3.63, 3.8) is 0 Å². The summed E-state index contributed by atoms with van der Waals surface area (Å²) in [6.07, 6.45) is 2.04. The molecule has 6 nitrogen and oxygen atoms in total. The van der Waals surface area contributed by atoms with Gasteiger partial charge < -0.3 is 20.1 Å². The topological polar surface area (TPSA) is 78.9 Å². The molecule has 1 aromatic carbocycles. The number of hydrogen-bond donors (Lipinski definition) is 2. The van der Waals surface area contributed by atoms with Crippen LogP contribution in [0.15, 0.2) is 24.3 Å². The first-order valence-electron chi connectivity index (χ1n) is 6.98. The molecule has 2 amide bonds. The molecule has 6 heteroatoms. The van der Waals surface area contributed by atoms with E-state index in [-0.39, 0.29) is 17.7 Å². The number of amides is 2. The number of methoxy groups -OCH3 is 1. The molecule has 0 aliphatic carbocycles. The largest absolute Gasteiger partial charge is 0.478 e. The predicted molar refractivity (Wildman–Crippen MR) is 77.2 cm³/mol. The lowest BCUT2D eigenvalue weighted by Gasteiger charge is -2.31. The van der Waals surface area contributed by atoms with Gasteiger partial charge in [-0.05, 0) is 30.5 Å². The monoisotopic (exact) mass is 292 g/mol. The maximum absolute atomic E-state index is 12.1. The number of ether oxygens (including phenoxy) is 1. The van der Waals surface area contributed by atoms with Crippen LogP contribution in [0.1, 0.15) is 28.8 Å². The van der Waals surface area contributed by atoms with Crippen molar-refractivity contribution in [2.75, 3.05) is 20.2 Å². The number of hydrogen-bond acceptors (Lipinski definition) is 3. The Kier molecular flexibility index (Phi) is 5.16. The Labute approximate surface area is 123 Å². The maximum atomic E-state index is 12.1. The molecule has 0 bridgehead atoms. The van der Waals surface area contributed by atoms with Gasteiger partial charge in [-0.1, -0.05) is 12.1 Å². The van der Waals surface area contributed by atoms with E-state index in [0.717, 1.165) is 24.9 Å². The Bertz CT molecular complexity index is 501. The summed E-state index contributed by atoms with van der Waals surface area (Å²) >= 11 is 0. The highest BCUT2D eigenvalue weighted by atomic mass is 16.5. The van der Waals surface area contributed by atoms with Crippen molar-refractivity contribution in [3.05, 3.63) is 35.4 Å². The summed E-state index contributed by atoms with van der Waals surface area (Å²) in [5.41, 5.74) is 1.11. The highest BCUT2D eigenvalue weighted by Gasteiger charge is 2.22. The van der Waals surface area contributed by atoms with Crippen LogP contribution in [0.3, 0.4) is 0 Å². The Morgan fingerprint density at radius 3 is 2.71 bits per heavy atom. The number of benzene rings is 1. The zero-order valence-electron chi connectivity index (χ0n) is 12.0. The molecule has 1 fully saturated rings. The van der Waals surface area contributed by atoms with E-state index in [0.29, 0.717) is 13.1 Å². The average Bonchev–Trinajstić information content (AvgIpc) is 2.53. The fraction of sp³-hybridized carbons (Fsp3) is 0.467. The van der Waals surface area contributed by atoms with Gasteiger partial charge in [0, 0.05) is 26.7 Å². The van der Waals surface area contributed by atoms with E-state index in [1.165, 1.54) is 12.1 Å². The molecule has 114 valence electrons. The van der Waals surface area contributed by atoms with Crippen LogP contribution in [-0.4, -0.2) is 48.3 Å². The number of carboxylic acid groups (broad SMARTS) is 1. The molecule has 1 heterocycles. The van der Waals surface area contributed by atoms with Crippen LogP contribution in [0, 0.1) is 0 Å². The van der Waals surface area contributed by atoms with Gasteiger partial charge >= 0.3 is 12.0 Å². The number of piperidine rings is 1. The lowest BCUT2D eigenvalue weighted by atomic mass is 10.1. The van der Waals surface area contributed by atoms with E-state index in [4.69, 9.17) is 9.84 Å². The third-order valence-electron chi connectivity index (χ3n) is 3.64. The van der Waals surface area contributed by atoms with Crippen LogP contribution in [0.25, 0.3) is 0 Å². The summed E-state index contributed by atoms with van der Waals surface area (Å²) in [5, 5.41) is 11.7. The van der Waals surface area contributed by atoms with Gasteiger partial charge in [0.15, 0.2) is 0 Å². The number of carboxylic acids is 1. The van der Waals surface area contributed by atoms with E-state index in [1.54, 1.807) is 24.1 Å². The zero-order valence-corrected chi connectivity index (χ0v) is 12.0. The zero-order chi connectivity index (χ0) is 15.2. The third kappa shape index (κ3) is 4.19. The Balaban J connectivity index is 1.84. The minimum atomic E-state index is -0.954. The molecule has 1 saturated heterocycles. The molecule has 2 N–H and O–H groups in total. The lowest BCUT2D eigenvalue weighted by Crippen LogP contribution is -2.47.